The molecule has 4 nitrogen and oxygen atoms in total. The number of carboxylic acids is 1. The van der Waals surface area contributed by atoms with Gasteiger partial charge in [0.15, 0.2) is 9.84 Å². The molecule has 0 radical (unpaired) electrons. The molecule has 0 bridgehead atoms. The highest BCUT2D eigenvalue weighted by molar-refractivity contribution is 7.92. The van der Waals surface area contributed by atoms with Crippen LogP contribution in [-0.2, 0) is 21.1 Å². The highest BCUT2D eigenvalue weighted by atomic mass is 32.2. The Bertz CT molecular complexity index is 544. The van der Waals surface area contributed by atoms with Crippen LogP contribution in [0.5, 0.6) is 0 Å². The largest absolute Gasteiger partial charge is 0.481 e. The molecular formula is C13H16O4S. The molecule has 1 aliphatic rings. The summed E-state index contributed by atoms with van der Waals surface area (Å²) in [5.41, 5.74) is 0.741. The Morgan fingerprint density at radius 3 is 2.56 bits per heavy atom. The number of aryl methyl sites for hydroxylation is 1. The molecule has 1 N–H and O–H groups in total. The molecule has 0 aliphatic heterocycles. The Morgan fingerprint density at radius 1 is 1.28 bits per heavy atom. The van der Waals surface area contributed by atoms with Gasteiger partial charge in [-0.1, -0.05) is 18.2 Å². The maximum absolute atomic E-state index is 12.2. The third kappa shape index (κ3) is 2.90. The molecule has 1 saturated carbocycles. The lowest BCUT2D eigenvalue weighted by Gasteiger charge is -2.09. The van der Waals surface area contributed by atoms with Gasteiger partial charge in [0.2, 0.25) is 0 Å². The van der Waals surface area contributed by atoms with Crippen molar-refractivity contribution in [3.05, 3.63) is 29.8 Å². The first-order chi connectivity index (χ1) is 8.51. The van der Waals surface area contributed by atoms with E-state index in [1.807, 2.05) is 0 Å². The summed E-state index contributed by atoms with van der Waals surface area (Å²) in [7, 11) is -3.19. The molecule has 0 aromatic heterocycles. The first kappa shape index (κ1) is 13.1. The molecule has 1 aromatic rings. The summed E-state index contributed by atoms with van der Waals surface area (Å²) in [4.78, 5) is 10.9. The van der Waals surface area contributed by atoms with Crippen LogP contribution in [0.1, 0.15) is 31.2 Å². The Kier molecular flexibility index (Phi) is 3.71. The third-order valence-electron chi connectivity index (χ3n) is 3.08. The molecule has 0 atom stereocenters. The molecule has 0 amide bonds. The highest BCUT2D eigenvalue weighted by Gasteiger charge is 2.37. The van der Waals surface area contributed by atoms with E-state index in [1.165, 1.54) is 0 Å². The van der Waals surface area contributed by atoms with Crippen LogP contribution in [0.4, 0.5) is 0 Å². The highest BCUT2D eigenvalue weighted by Crippen LogP contribution is 2.35. The predicted molar refractivity (Wildman–Crippen MR) is 67.2 cm³/mol. The van der Waals surface area contributed by atoms with Gasteiger partial charge in [0, 0.05) is 6.42 Å². The second kappa shape index (κ2) is 5.10. The molecule has 1 aromatic carbocycles. The maximum Gasteiger partial charge on any atom is 0.303 e. The van der Waals surface area contributed by atoms with Gasteiger partial charge >= 0.3 is 5.97 Å². The summed E-state index contributed by atoms with van der Waals surface area (Å²) >= 11 is 0. The second-order valence-electron chi connectivity index (χ2n) is 4.60. The van der Waals surface area contributed by atoms with E-state index >= 15 is 0 Å². The van der Waals surface area contributed by atoms with Crippen LogP contribution in [-0.4, -0.2) is 24.7 Å². The van der Waals surface area contributed by atoms with Crippen molar-refractivity contribution in [2.75, 3.05) is 0 Å². The van der Waals surface area contributed by atoms with Gasteiger partial charge in [0.1, 0.15) is 0 Å². The van der Waals surface area contributed by atoms with Gasteiger partial charge < -0.3 is 5.11 Å². The number of carbonyl (C=O) groups is 1. The van der Waals surface area contributed by atoms with Crippen molar-refractivity contribution in [1.29, 1.82) is 0 Å². The van der Waals surface area contributed by atoms with Gasteiger partial charge in [0.05, 0.1) is 10.1 Å². The van der Waals surface area contributed by atoms with Crippen molar-refractivity contribution in [1.82, 2.24) is 0 Å². The topological polar surface area (TPSA) is 71.4 Å². The van der Waals surface area contributed by atoms with Crippen LogP contribution in [0.2, 0.25) is 0 Å². The smallest absolute Gasteiger partial charge is 0.303 e. The number of benzene rings is 1. The van der Waals surface area contributed by atoms with E-state index in [0.29, 0.717) is 17.7 Å². The predicted octanol–water partition coefficient (Wildman–Crippen LogP) is 2.03. The standard InChI is InChI=1S/C13H16O4S/c14-13(15)7-3-5-10-4-1-2-6-12(10)18(16,17)11-8-9-11/h1-2,4,6,11H,3,5,7-9H2,(H,14,15). The van der Waals surface area contributed by atoms with E-state index in [4.69, 9.17) is 5.11 Å². The summed E-state index contributed by atoms with van der Waals surface area (Å²) in [6.45, 7) is 0. The lowest BCUT2D eigenvalue weighted by Crippen LogP contribution is -2.10. The van der Waals surface area contributed by atoms with Crippen LogP contribution in [0.3, 0.4) is 0 Å². The number of hydrogen-bond donors (Lipinski definition) is 1. The molecule has 1 fully saturated rings. The fraction of sp³-hybridized carbons (Fsp3) is 0.462. The molecule has 98 valence electrons. The van der Waals surface area contributed by atoms with Gasteiger partial charge in [-0.25, -0.2) is 8.42 Å². The summed E-state index contributed by atoms with van der Waals surface area (Å²) in [5, 5.41) is 8.38. The summed E-state index contributed by atoms with van der Waals surface area (Å²) < 4.78 is 24.4. The zero-order valence-electron chi connectivity index (χ0n) is 10.0. The Balaban J connectivity index is 2.18. The van der Waals surface area contributed by atoms with E-state index in [1.54, 1.807) is 24.3 Å². The lowest BCUT2D eigenvalue weighted by atomic mass is 10.1. The quantitative estimate of drug-likeness (QED) is 0.857. The normalized spacial score (nSPS) is 15.6. The van der Waals surface area contributed by atoms with Gasteiger partial charge in [-0.2, -0.15) is 0 Å². The zero-order valence-corrected chi connectivity index (χ0v) is 10.8. The minimum Gasteiger partial charge on any atom is -0.481 e. The van der Waals surface area contributed by atoms with Crippen molar-refractivity contribution >= 4 is 15.8 Å². The molecule has 1 aliphatic carbocycles. The lowest BCUT2D eigenvalue weighted by molar-refractivity contribution is -0.137. The zero-order chi connectivity index (χ0) is 13.2. The molecule has 18 heavy (non-hydrogen) atoms. The second-order valence-corrected chi connectivity index (χ2v) is 6.80. The first-order valence-electron chi connectivity index (χ1n) is 6.05. The van der Waals surface area contributed by atoms with Gasteiger partial charge in [-0.15, -0.1) is 0 Å². The van der Waals surface area contributed by atoms with Gasteiger partial charge in [-0.05, 0) is 37.3 Å². The fourth-order valence-electron chi connectivity index (χ4n) is 1.98. The summed E-state index contributed by atoms with van der Waals surface area (Å²) in [6, 6.07) is 6.92. The maximum atomic E-state index is 12.2. The van der Waals surface area contributed by atoms with E-state index < -0.39 is 15.8 Å². The molecule has 0 unspecified atom stereocenters. The monoisotopic (exact) mass is 268 g/mol. The van der Waals surface area contributed by atoms with E-state index in [-0.39, 0.29) is 11.7 Å². The number of carboxylic acid groups (broad SMARTS) is 1. The van der Waals surface area contributed by atoms with Gasteiger partial charge in [-0.3, -0.25) is 4.79 Å². The molecular weight excluding hydrogens is 252 g/mol. The van der Waals surface area contributed by atoms with Crippen LogP contribution in [0.25, 0.3) is 0 Å². The molecule has 0 heterocycles. The van der Waals surface area contributed by atoms with Crippen molar-refractivity contribution in [3.63, 3.8) is 0 Å². The van der Waals surface area contributed by atoms with E-state index in [2.05, 4.69) is 0 Å². The van der Waals surface area contributed by atoms with Crippen LogP contribution < -0.4 is 0 Å². The van der Waals surface area contributed by atoms with Crippen LogP contribution >= 0.6 is 0 Å². The number of aliphatic carboxylic acids is 1. The number of sulfone groups is 1. The van der Waals surface area contributed by atoms with Crippen molar-refractivity contribution < 1.29 is 18.3 Å². The Labute approximate surface area is 107 Å². The average Bonchev–Trinajstić information content (AvgIpc) is 3.13. The third-order valence-corrected chi connectivity index (χ3v) is 5.44. The Hall–Kier alpha value is -1.36. The molecule has 0 saturated heterocycles. The fourth-order valence-corrected chi connectivity index (χ4v) is 3.90. The molecule has 5 heteroatoms. The summed E-state index contributed by atoms with van der Waals surface area (Å²) in [5.74, 6) is -0.850. The van der Waals surface area contributed by atoms with Gasteiger partial charge in [0.25, 0.3) is 0 Å². The number of hydrogen-bond acceptors (Lipinski definition) is 3. The van der Waals surface area contributed by atoms with Crippen LogP contribution in [0, 0.1) is 0 Å². The number of rotatable bonds is 6. The van der Waals surface area contributed by atoms with Crippen molar-refractivity contribution in [2.45, 2.75) is 42.2 Å². The summed E-state index contributed by atoms with van der Waals surface area (Å²) in [6.07, 6.45) is 2.51. The minimum absolute atomic E-state index is 0.0673. The Morgan fingerprint density at radius 2 is 1.94 bits per heavy atom. The van der Waals surface area contributed by atoms with E-state index in [0.717, 1.165) is 18.4 Å². The average molecular weight is 268 g/mol. The van der Waals surface area contributed by atoms with Crippen LogP contribution in [0.15, 0.2) is 29.2 Å². The SMILES string of the molecule is O=C(O)CCCc1ccccc1S(=O)(=O)C1CC1. The molecule has 0 spiro atoms. The van der Waals surface area contributed by atoms with Crippen molar-refractivity contribution in [2.24, 2.45) is 0 Å². The first-order valence-corrected chi connectivity index (χ1v) is 7.60. The minimum atomic E-state index is -3.19. The molecule has 2 rings (SSSR count). The van der Waals surface area contributed by atoms with Crippen molar-refractivity contribution in [3.8, 4) is 0 Å². The van der Waals surface area contributed by atoms with E-state index in [9.17, 15) is 13.2 Å².